The molecule has 0 fully saturated rings. The number of thiazole rings is 1. The van der Waals surface area contributed by atoms with Gasteiger partial charge in [0.2, 0.25) is 5.91 Å². The molecule has 0 aliphatic rings. The summed E-state index contributed by atoms with van der Waals surface area (Å²) >= 11 is 8.76. The first-order chi connectivity index (χ1) is 17.5. The van der Waals surface area contributed by atoms with Crippen LogP contribution >= 0.6 is 34.7 Å². The number of anilines is 2. The Morgan fingerprint density at radius 3 is 2.56 bits per heavy atom. The van der Waals surface area contributed by atoms with Crippen molar-refractivity contribution in [3.8, 4) is 11.3 Å². The van der Waals surface area contributed by atoms with E-state index in [1.54, 1.807) is 30.3 Å². The van der Waals surface area contributed by atoms with E-state index >= 15 is 0 Å². The van der Waals surface area contributed by atoms with Crippen LogP contribution in [0.5, 0.6) is 0 Å². The number of aromatic nitrogens is 1. The summed E-state index contributed by atoms with van der Waals surface area (Å²) in [6.45, 7) is 0. The molecule has 0 aliphatic heterocycles. The van der Waals surface area contributed by atoms with Gasteiger partial charge in [-0.25, -0.2) is 4.98 Å². The average molecular weight is 530 g/mol. The normalized spacial score (nSPS) is 10.8. The van der Waals surface area contributed by atoms with Crippen molar-refractivity contribution in [1.29, 1.82) is 0 Å². The van der Waals surface area contributed by atoms with Gasteiger partial charge in [-0.3, -0.25) is 9.59 Å². The van der Waals surface area contributed by atoms with Gasteiger partial charge in [-0.2, -0.15) is 0 Å². The van der Waals surface area contributed by atoms with E-state index in [-0.39, 0.29) is 17.6 Å². The molecule has 5 nitrogen and oxygen atoms in total. The first-order valence-electron chi connectivity index (χ1n) is 11.1. The second-order valence-electron chi connectivity index (χ2n) is 7.93. The third kappa shape index (κ3) is 5.94. The van der Waals surface area contributed by atoms with Crippen molar-refractivity contribution in [3.63, 3.8) is 0 Å². The van der Waals surface area contributed by atoms with Crippen molar-refractivity contribution in [3.05, 3.63) is 107 Å². The van der Waals surface area contributed by atoms with Crippen molar-refractivity contribution < 1.29 is 9.59 Å². The smallest absolute Gasteiger partial charge is 0.255 e. The number of benzene rings is 4. The summed E-state index contributed by atoms with van der Waals surface area (Å²) in [5.41, 5.74) is 2.96. The van der Waals surface area contributed by atoms with Crippen molar-refractivity contribution in [2.75, 3.05) is 16.4 Å². The summed E-state index contributed by atoms with van der Waals surface area (Å²) in [4.78, 5) is 30.5. The zero-order valence-electron chi connectivity index (χ0n) is 18.9. The summed E-state index contributed by atoms with van der Waals surface area (Å²) in [6, 6.07) is 28.5. The van der Waals surface area contributed by atoms with Gasteiger partial charge in [-0.05, 0) is 53.2 Å². The maximum Gasteiger partial charge on any atom is 0.255 e. The maximum absolute atomic E-state index is 12.5. The Hall–Kier alpha value is -3.65. The molecule has 5 rings (SSSR count). The highest BCUT2D eigenvalue weighted by atomic mass is 35.5. The van der Waals surface area contributed by atoms with E-state index in [0.29, 0.717) is 21.4 Å². The molecule has 0 spiro atoms. The Labute approximate surface area is 221 Å². The number of hydrogen-bond acceptors (Lipinski definition) is 5. The third-order valence-corrected chi connectivity index (χ3v) is 7.33. The third-order valence-electron chi connectivity index (χ3n) is 5.34. The highest BCUT2D eigenvalue weighted by Crippen LogP contribution is 2.28. The van der Waals surface area contributed by atoms with E-state index in [1.807, 2.05) is 41.8 Å². The van der Waals surface area contributed by atoms with Crippen molar-refractivity contribution in [2.45, 2.75) is 4.90 Å². The molecule has 0 atom stereocenters. The highest BCUT2D eigenvalue weighted by Gasteiger charge is 2.11. The van der Waals surface area contributed by atoms with Crippen LogP contribution in [0.1, 0.15) is 10.4 Å². The molecule has 1 heterocycles. The molecule has 0 saturated carbocycles. The monoisotopic (exact) mass is 529 g/mol. The van der Waals surface area contributed by atoms with Gasteiger partial charge < -0.3 is 10.6 Å². The fraction of sp³-hybridized carbons (Fsp3) is 0.0357. The van der Waals surface area contributed by atoms with Crippen LogP contribution < -0.4 is 10.6 Å². The summed E-state index contributed by atoms with van der Waals surface area (Å²) in [5, 5.41) is 11.1. The highest BCUT2D eigenvalue weighted by molar-refractivity contribution is 8.00. The Morgan fingerprint density at radius 1 is 0.861 bits per heavy atom. The predicted octanol–water partition coefficient (Wildman–Crippen LogP) is 7.60. The van der Waals surface area contributed by atoms with Crippen LogP contribution in [-0.2, 0) is 4.79 Å². The molecule has 178 valence electrons. The van der Waals surface area contributed by atoms with Gasteiger partial charge in [-0.15, -0.1) is 23.1 Å². The molecule has 5 aromatic rings. The van der Waals surface area contributed by atoms with E-state index in [1.165, 1.54) is 28.5 Å². The van der Waals surface area contributed by atoms with E-state index in [9.17, 15) is 9.59 Å². The average Bonchev–Trinajstić information content (AvgIpc) is 3.36. The second kappa shape index (κ2) is 11.0. The van der Waals surface area contributed by atoms with E-state index in [2.05, 4.69) is 39.9 Å². The molecule has 0 bridgehead atoms. The van der Waals surface area contributed by atoms with E-state index in [0.717, 1.165) is 21.5 Å². The van der Waals surface area contributed by atoms with Gasteiger partial charge in [0.1, 0.15) is 0 Å². The van der Waals surface area contributed by atoms with Crippen LogP contribution in [0, 0.1) is 0 Å². The molecule has 8 heteroatoms. The zero-order valence-corrected chi connectivity index (χ0v) is 21.3. The molecule has 0 aliphatic carbocycles. The largest absolute Gasteiger partial charge is 0.322 e. The van der Waals surface area contributed by atoms with Crippen LogP contribution in [0.3, 0.4) is 0 Å². The molecular weight excluding hydrogens is 510 g/mol. The zero-order chi connectivity index (χ0) is 24.9. The topological polar surface area (TPSA) is 71.1 Å². The predicted molar refractivity (Wildman–Crippen MR) is 150 cm³/mol. The van der Waals surface area contributed by atoms with Gasteiger partial charge >= 0.3 is 0 Å². The van der Waals surface area contributed by atoms with Gasteiger partial charge in [0, 0.05) is 32.1 Å². The lowest BCUT2D eigenvalue weighted by atomic mass is 10.1. The standard InChI is InChI=1S/C28H20ClN3O2S2/c29-22-8-3-7-21(14-22)27(34)30-23-9-4-10-24(15-23)35-17-26(33)32-28-31-25(16-36-28)20-12-11-18-5-1-2-6-19(18)13-20/h1-16H,17H2,(H,30,34)(H,31,32,33). The number of carbonyl (C=O) groups is 2. The van der Waals surface area contributed by atoms with Crippen molar-refractivity contribution in [2.24, 2.45) is 0 Å². The Bertz CT molecular complexity index is 1570. The minimum Gasteiger partial charge on any atom is -0.322 e. The first-order valence-corrected chi connectivity index (χ1v) is 13.3. The number of carbonyl (C=O) groups excluding carboxylic acids is 2. The molecule has 0 unspecified atom stereocenters. The second-order valence-corrected chi connectivity index (χ2v) is 10.3. The lowest BCUT2D eigenvalue weighted by Gasteiger charge is -2.08. The van der Waals surface area contributed by atoms with Gasteiger partial charge in [0.05, 0.1) is 11.4 Å². The van der Waals surface area contributed by atoms with Crippen LogP contribution in [0.4, 0.5) is 10.8 Å². The van der Waals surface area contributed by atoms with Crippen LogP contribution in [0.15, 0.2) is 101 Å². The molecule has 36 heavy (non-hydrogen) atoms. The molecule has 0 radical (unpaired) electrons. The Balaban J connectivity index is 1.17. The SMILES string of the molecule is O=C(CSc1cccc(NC(=O)c2cccc(Cl)c2)c1)Nc1nc(-c2ccc3ccccc3c2)cs1. The number of nitrogens with zero attached hydrogens (tertiary/aromatic N) is 1. The summed E-state index contributed by atoms with van der Waals surface area (Å²) < 4.78 is 0. The number of halogens is 1. The quantitative estimate of drug-likeness (QED) is 0.213. The van der Waals surface area contributed by atoms with Crippen LogP contribution in [0.25, 0.3) is 22.0 Å². The molecule has 1 aromatic heterocycles. The van der Waals surface area contributed by atoms with E-state index < -0.39 is 0 Å². The number of nitrogens with one attached hydrogen (secondary N) is 2. The lowest BCUT2D eigenvalue weighted by Crippen LogP contribution is -2.14. The first kappa shape index (κ1) is 24.1. The molecule has 2 amide bonds. The maximum atomic E-state index is 12.5. The van der Waals surface area contributed by atoms with Crippen LogP contribution in [0.2, 0.25) is 5.02 Å². The molecule has 4 aromatic carbocycles. The number of thioether (sulfide) groups is 1. The van der Waals surface area contributed by atoms with Crippen LogP contribution in [-0.4, -0.2) is 22.6 Å². The summed E-state index contributed by atoms with van der Waals surface area (Å²) in [7, 11) is 0. The minimum atomic E-state index is -0.247. The molecule has 0 saturated heterocycles. The number of fused-ring (bicyclic) bond motifs is 1. The van der Waals surface area contributed by atoms with E-state index in [4.69, 9.17) is 11.6 Å². The lowest BCUT2D eigenvalue weighted by molar-refractivity contribution is -0.113. The number of hydrogen-bond donors (Lipinski definition) is 2. The minimum absolute atomic E-state index is 0.146. The Morgan fingerprint density at radius 2 is 1.69 bits per heavy atom. The van der Waals surface area contributed by atoms with Crippen molar-refractivity contribution >= 4 is 68.1 Å². The van der Waals surface area contributed by atoms with Gasteiger partial charge in [0.15, 0.2) is 5.13 Å². The van der Waals surface area contributed by atoms with Crippen molar-refractivity contribution in [1.82, 2.24) is 4.98 Å². The van der Waals surface area contributed by atoms with Gasteiger partial charge in [-0.1, -0.05) is 60.1 Å². The summed E-state index contributed by atoms with van der Waals surface area (Å²) in [6.07, 6.45) is 0. The number of rotatable bonds is 7. The molecular formula is C28H20ClN3O2S2. The number of amides is 2. The fourth-order valence-corrected chi connectivity index (χ4v) is 5.29. The fourth-order valence-electron chi connectivity index (χ4n) is 3.61. The van der Waals surface area contributed by atoms with Gasteiger partial charge in [0.25, 0.3) is 5.91 Å². The summed E-state index contributed by atoms with van der Waals surface area (Å²) in [5.74, 6) is -0.174. The molecule has 2 N–H and O–H groups in total. The Kier molecular flexibility index (Phi) is 7.32.